The van der Waals surface area contributed by atoms with E-state index in [2.05, 4.69) is 15.0 Å². The number of likely N-dealkylation sites (tertiary alicyclic amines) is 1. The lowest BCUT2D eigenvalue weighted by Gasteiger charge is -2.32. The summed E-state index contributed by atoms with van der Waals surface area (Å²) in [6.07, 6.45) is -4.21. The van der Waals surface area contributed by atoms with Gasteiger partial charge in [-0.25, -0.2) is 9.48 Å². The molecule has 2 aromatic rings. The number of hydrogen-bond acceptors (Lipinski definition) is 5. The first-order valence-electron chi connectivity index (χ1n) is 7.60. The molecule has 0 aliphatic carbocycles. The molecule has 2 heterocycles. The highest BCUT2D eigenvalue weighted by atomic mass is 19.4. The van der Waals surface area contributed by atoms with Gasteiger partial charge in [0.25, 0.3) is 0 Å². The highest BCUT2D eigenvalue weighted by Crippen LogP contribution is 2.28. The van der Waals surface area contributed by atoms with Crippen LogP contribution in [-0.4, -0.2) is 58.1 Å². The summed E-state index contributed by atoms with van der Waals surface area (Å²) in [5.41, 5.74) is 1.51. The van der Waals surface area contributed by atoms with Crippen LogP contribution in [0.15, 0.2) is 18.2 Å². The van der Waals surface area contributed by atoms with Crippen LogP contribution in [0.4, 0.5) is 13.2 Å². The van der Waals surface area contributed by atoms with Crippen molar-refractivity contribution < 1.29 is 27.5 Å². The van der Waals surface area contributed by atoms with Crippen LogP contribution >= 0.6 is 0 Å². The lowest BCUT2D eigenvalue weighted by Crippen LogP contribution is -2.45. The van der Waals surface area contributed by atoms with Gasteiger partial charge in [0.05, 0.1) is 24.2 Å². The van der Waals surface area contributed by atoms with Crippen LogP contribution in [-0.2, 0) is 9.53 Å². The summed E-state index contributed by atoms with van der Waals surface area (Å²) < 4.78 is 43.8. The Bertz CT molecular complexity index is 810. The smallest absolute Gasteiger partial charge is 0.465 e. The second-order valence-corrected chi connectivity index (χ2v) is 5.75. The second-order valence-electron chi connectivity index (χ2n) is 5.75. The van der Waals surface area contributed by atoms with E-state index in [1.54, 1.807) is 22.9 Å². The number of methoxy groups -OCH3 is 1. The molecular weight excluding hydrogens is 341 g/mol. The highest BCUT2D eigenvalue weighted by molar-refractivity contribution is 5.93. The van der Waals surface area contributed by atoms with Gasteiger partial charge in [0.15, 0.2) is 0 Å². The molecule has 0 bridgehead atoms. The molecule has 134 valence electrons. The van der Waals surface area contributed by atoms with Crippen LogP contribution in [0.1, 0.15) is 29.2 Å². The Hall–Kier alpha value is -2.65. The number of hydrogen-bond donors (Lipinski definition) is 0. The van der Waals surface area contributed by atoms with Gasteiger partial charge in [-0.2, -0.15) is 13.2 Å². The zero-order chi connectivity index (χ0) is 18.2. The van der Waals surface area contributed by atoms with E-state index in [0.29, 0.717) is 29.4 Å². The van der Waals surface area contributed by atoms with E-state index in [1.165, 1.54) is 7.11 Å². The molecule has 1 aliphatic heterocycles. The minimum Gasteiger partial charge on any atom is -0.465 e. The molecule has 10 heteroatoms. The summed E-state index contributed by atoms with van der Waals surface area (Å²) in [4.78, 5) is 23.7. The molecule has 0 saturated carbocycles. The minimum absolute atomic E-state index is 0.0128. The van der Waals surface area contributed by atoms with E-state index in [9.17, 15) is 22.8 Å². The van der Waals surface area contributed by atoms with Gasteiger partial charge in [-0.15, -0.1) is 5.10 Å². The van der Waals surface area contributed by atoms with E-state index < -0.39 is 18.1 Å². The second kappa shape index (κ2) is 6.34. The Morgan fingerprint density at radius 3 is 2.52 bits per heavy atom. The quantitative estimate of drug-likeness (QED) is 0.769. The average molecular weight is 356 g/mol. The molecule has 3 rings (SSSR count). The fourth-order valence-corrected chi connectivity index (χ4v) is 2.94. The maximum Gasteiger partial charge on any atom is 0.471 e. The summed E-state index contributed by atoms with van der Waals surface area (Å²) in [6, 6.07) is 4.59. The van der Waals surface area contributed by atoms with Crippen LogP contribution < -0.4 is 0 Å². The molecule has 1 aliphatic rings. The van der Waals surface area contributed by atoms with Crippen molar-refractivity contribution >= 4 is 22.9 Å². The minimum atomic E-state index is -4.86. The fourth-order valence-electron chi connectivity index (χ4n) is 2.94. The maximum absolute atomic E-state index is 12.5. The lowest BCUT2D eigenvalue weighted by atomic mass is 10.0. The number of benzene rings is 1. The molecule has 0 spiro atoms. The van der Waals surface area contributed by atoms with Gasteiger partial charge in [0, 0.05) is 13.1 Å². The van der Waals surface area contributed by atoms with Gasteiger partial charge < -0.3 is 9.64 Å². The molecule has 1 aromatic heterocycles. The number of piperidine rings is 1. The molecule has 0 radical (unpaired) electrons. The van der Waals surface area contributed by atoms with Crippen LogP contribution in [0.3, 0.4) is 0 Å². The summed E-state index contributed by atoms with van der Waals surface area (Å²) in [6.45, 7) is -0.0257. The average Bonchev–Trinajstić information content (AvgIpc) is 3.02. The Labute approximate surface area is 140 Å². The Morgan fingerprint density at radius 1 is 1.24 bits per heavy atom. The Morgan fingerprint density at radius 2 is 1.92 bits per heavy atom. The molecular formula is C15H15F3N4O3. The van der Waals surface area contributed by atoms with E-state index in [0.717, 1.165) is 4.90 Å². The number of alkyl halides is 3. The summed E-state index contributed by atoms with van der Waals surface area (Å²) in [7, 11) is 1.27. The third kappa shape index (κ3) is 3.28. The summed E-state index contributed by atoms with van der Waals surface area (Å²) in [5, 5.41) is 8.07. The molecule has 0 atom stereocenters. The molecule has 1 amide bonds. The number of amides is 1. The normalized spacial score (nSPS) is 16.2. The molecule has 1 saturated heterocycles. The number of ether oxygens (including phenoxy) is 1. The van der Waals surface area contributed by atoms with Gasteiger partial charge in [0.1, 0.15) is 5.52 Å². The first-order valence-corrected chi connectivity index (χ1v) is 7.60. The molecule has 0 N–H and O–H groups in total. The zero-order valence-corrected chi connectivity index (χ0v) is 13.3. The molecule has 0 unspecified atom stereocenters. The third-order valence-corrected chi connectivity index (χ3v) is 4.23. The van der Waals surface area contributed by atoms with Gasteiger partial charge in [-0.3, -0.25) is 4.79 Å². The molecule has 25 heavy (non-hydrogen) atoms. The number of esters is 1. The van der Waals surface area contributed by atoms with Crippen molar-refractivity contribution in [1.29, 1.82) is 0 Å². The largest absolute Gasteiger partial charge is 0.471 e. The van der Waals surface area contributed by atoms with Crippen LogP contribution in [0, 0.1) is 0 Å². The topological polar surface area (TPSA) is 77.3 Å². The standard InChI is InChI=1S/C15H15F3N4O3/c1-25-13(23)9-2-3-11-12(8-9)22(20-19-11)10-4-6-21(7-5-10)14(24)15(16,17)18/h2-3,8,10H,4-7H2,1H3. The van der Waals surface area contributed by atoms with Crippen LogP contribution in [0.5, 0.6) is 0 Å². The third-order valence-electron chi connectivity index (χ3n) is 4.23. The van der Waals surface area contributed by atoms with Crippen molar-refractivity contribution in [3.8, 4) is 0 Å². The van der Waals surface area contributed by atoms with E-state index >= 15 is 0 Å². The number of carbonyl (C=O) groups is 2. The molecule has 1 fully saturated rings. The van der Waals surface area contributed by atoms with Crippen molar-refractivity contribution in [1.82, 2.24) is 19.9 Å². The van der Waals surface area contributed by atoms with Gasteiger partial charge in [-0.1, -0.05) is 5.21 Å². The van der Waals surface area contributed by atoms with Crippen LogP contribution in [0.2, 0.25) is 0 Å². The fraction of sp³-hybridized carbons (Fsp3) is 0.467. The van der Waals surface area contributed by atoms with E-state index in [-0.39, 0.29) is 19.1 Å². The van der Waals surface area contributed by atoms with Crippen molar-refractivity contribution in [2.24, 2.45) is 0 Å². The first-order chi connectivity index (χ1) is 11.8. The van der Waals surface area contributed by atoms with Crippen molar-refractivity contribution in [2.45, 2.75) is 25.1 Å². The van der Waals surface area contributed by atoms with E-state index in [1.807, 2.05) is 0 Å². The number of rotatable bonds is 2. The summed E-state index contributed by atoms with van der Waals surface area (Å²) >= 11 is 0. The number of carbonyl (C=O) groups excluding carboxylic acids is 2. The highest BCUT2D eigenvalue weighted by Gasteiger charge is 2.43. The van der Waals surface area contributed by atoms with Crippen molar-refractivity contribution in [2.75, 3.05) is 20.2 Å². The van der Waals surface area contributed by atoms with Crippen LogP contribution in [0.25, 0.3) is 11.0 Å². The maximum atomic E-state index is 12.5. The molecule has 1 aromatic carbocycles. The van der Waals surface area contributed by atoms with Crippen molar-refractivity contribution in [3.63, 3.8) is 0 Å². The Kier molecular flexibility index (Phi) is 4.36. The Balaban J connectivity index is 1.79. The first kappa shape index (κ1) is 17.2. The number of nitrogens with zero attached hydrogens (tertiary/aromatic N) is 4. The van der Waals surface area contributed by atoms with E-state index in [4.69, 9.17) is 0 Å². The number of fused-ring (bicyclic) bond motifs is 1. The van der Waals surface area contributed by atoms with Gasteiger partial charge >= 0.3 is 18.1 Å². The zero-order valence-electron chi connectivity index (χ0n) is 13.3. The van der Waals surface area contributed by atoms with Crippen molar-refractivity contribution in [3.05, 3.63) is 23.8 Å². The lowest BCUT2D eigenvalue weighted by molar-refractivity contribution is -0.186. The monoisotopic (exact) mass is 356 g/mol. The predicted octanol–water partition coefficient (Wildman–Crippen LogP) is 1.94. The number of halogens is 3. The predicted molar refractivity (Wildman–Crippen MR) is 79.8 cm³/mol. The molecule has 7 nitrogen and oxygen atoms in total. The number of aromatic nitrogens is 3. The SMILES string of the molecule is COC(=O)c1ccc2nnn(C3CCN(C(=O)C(F)(F)F)CC3)c2c1. The van der Waals surface area contributed by atoms with Gasteiger partial charge in [-0.05, 0) is 31.0 Å². The summed E-state index contributed by atoms with van der Waals surface area (Å²) in [5.74, 6) is -2.32. The van der Waals surface area contributed by atoms with Gasteiger partial charge in [0.2, 0.25) is 0 Å².